The number of fused-ring (bicyclic) bond motifs is 12. The minimum Gasteiger partial charge on any atom is -0.309 e. The zero-order valence-corrected chi connectivity index (χ0v) is 23.9. The summed E-state index contributed by atoms with van der Waals surface area (Å²) in [5.41, 5.74) is 7.25. The van der Waals surface area contributed by atoms with Crippen molar-refractivity contribution < 1.29 is 0 Å². The summed E-state index contributed by atoms with van der Waals surface area (Å²) in [7, 11) is 0. The molecule has 0 N–H and O–H groups in total. The minimum atomic E-state index is 1.16. The monoisotopic (exact) mass is 558 g/mol. The molecule has 10 rings (SSSR count). The first-order valence-corrected chi connectivity index (χ1v) is 15.2. The van der Waals surface area contributed by atoms with Gasteiger partial charge in [-0.2, -0.15) is 0 Å². The molecule has 204 valence electrons. The van der Waals surface area contributed by atoms with Crippen LogP contribution in [-0.2, 0) is 0 Å². The molecule has 10 aromatic rings. The zero-order chi connectivity index (χ0) is 28.8. The van der Waals surface area contributed by atoms with Gasteiger partial charge < -0.3 is 9.13 Å². The van der Waals surface area contributed by atoms with E-state index in [4.69, 9.17) is 0 Å². The highest BCUT2D eigenvalue weighted by Crippen LogP contribution is 2.43. The minimum absolute atomic E-state index is 1.16. The SMILES string of the molecule is c1ccc2cc3c(cc2c1)c1c2ccccc2c2ccccc2c1n3-c1ccc(-n2c3ccccc3c3ccccc32)cc1. The van der Waals surface area contributed by atoms with Crippen molar-refractivity contribution in [2.24, 2.45) is 0 Å². The van der Waals surface area contributed by atoms with Crippen molar-refractivity contribution in [2.45, 2.75) is 0 Å². The lowest BCUT2D eigenvalue weighted by Gasteiger charge is -2.14. The Morgan fingerprint density at radius 3 is 1.39 bits per heavy atom. The summed E-state index contributed by atoms with van der Waals surface area (Å²) in [5, 5.41) is 12.8. The molecule has 8 aromatic carbocycles. The summed E-state index contributed by atoms with van der Waals surface area (Å²) in [5.74, 6) is 0. The van der Waals surface area contributed by atoms with E-state index in [1.165, 1.54) is 75.9 Å². The van der Waals surface area contributed by atoms with Gasteiger partial charge in [0.15, 0.2) is 0 Å². The zero-order valence-electron chi connectivity index (χ0n) is 23.9. The molecule has 2 heteroatoms. The Labute approximate surface area is 253 Å². The predicted molar refractivity (Wildman–Crippen MR) is 188 cm³/mol. The molecule has 0 aliphatic carbocycles. The van der Waals surface area contributed by atoms with Crippen molar-refractivity contribution >= 4 is 75.9 Å². The van der Waals surface area contributed by atoms with Crippen LogP contribution in [0.4, 0.5) is 0 Å². The van der Waals surface area contributed by atoms with Crippen LogP contribution in [0.25, 0.3) is 87.3 Å². The molecule has 0 saturated carbocycles. The van der Waals surface area contributed by atoms with E-state index < -0.39 is 0 Å². The van der Waals surface area contributed by atoms with Crippen molar-refractivity contribution in [3.8, 4) is 11.4 Å². The van der Waals surface area contributed by atoms with Gasteiger partial charge in [0, 0.05) is 38.3 Å². The van der Waals surface area contributed by atoms with E-state index in [1.807, 2.05) is 0 Å². The summed E-state index contributed by atoms with van der Waals surface area (Å²) in [4.78, 5) is 0. The fraction of sp³-hybridized carbons (Fsp3) is 0. The van der Waals surface area contributed by atoms with Crippen LogP contribution >= 0.6 is 0 Å². The average Bonchev–Trinajstić information content (AvgIpc) is 3.61. The van der Waals surface area contributed by atoms with E-state index in [-0.39, 0.29) is 0 Å². The van der Waals surface area contributed by atoms with Crippen LogP contribution in [0.5, 0.6) is 0 Å². The van der Waals surface area contributed by atoms with Crippen molar-refractivity contribution in [3.63, 3.8) is 0 Å². The fourth-order valence-electron chi connectivity index (χ4n) is 7.58. The summed E-state index contributed by atoms with van der Waals surface area (Å²) in [6.45, 7) is 0. The third kappa shape index (κ3) is 3.14. The number of aromatic nitrogens is 2. The smallest absolute Gasteiger partial charge is 0.0625 e. The van der Waals surface area contributed by atoms with Crippen LogP contribution in [0, 0.1) is 0 Å². The molecular weight excluding hydrogens is 532 g/mol. The predicted octanol–water partition coefficient (Wildman–Crippen LogP) is 11.3. The van der Waals surface area contributed by atoms with E-state index in [1.54, 1.807) is 0 Å². The standard InChI is InChI=1S/C42H26N2/c1-2-12-28-26-40-37(25-27(28)11-1)41-35-17-5-3-13-31(35)32-14-4-6-18-36(32)42(41)44(40)30-23-21-29(22-24-30)43-38-19-9-7-15-33(38)34-16-8-10-20-39(34)43/h1-26H. The maximum absolute atomic E-state index is 2.49. The Morgan fingerprint density at radius 1 is 0.295 bits per heavy atom. The van der Waals surface area contributed by atoms with E-state index in [0.717, 1.165) is 11.4 Å². The Balaban J connectivity index is 1.32. The average molecular weight is 559 g/mol. The molecule has 0 amide bonds. The lowest BCUT2D eigenvalue weighted by Crippen LogP contribution is -1.98. The van der Waals surface area contributed by atoms with Crippen LogP contribution in [-0.4, -0.2) is 9.13 Å². The van der Waals surface area contributed by atoms with Crippen molar-refractivity contribution in [1.82, 2.24) is 9.13 Å². The molecule has 0 fully saturated rings. The topological polar surface area (TPSA) is 9.86 Å². The Morgan fingerprint density at radius 2 is 0.750 bits per heavy atom. The van der Waals surface area contributed by atoms with Crippen LogP contribution in [0.3, 0.4) is 0 Å². The van der Waals surface area contributed by atoms with Crippen LogP contribution in [0.15, 0.2) is 158 Å². The van der Waals surface area contributed by atoms with Crippen LogP contribution in [0.1, 0.15) is 0 Å². The molecule has 44 heavy (non-hydrogen) atoms. The molecular formula is C42H26N2. The van der Waals surface area contributed by atoms with Crippen molar-refractivity contribution in [1.29, 1.82) is 0 Å². The first-order valence-electron chi connectivity index (χ1n) is 15.2. The maximum atomic E-state index is 2.49. The molecule has 2 heterocycles. The molecule has 2 aromatic heterocycles. The van der Waals surface area contributed by atoms with Crippen LogP contribution in [0.2, 0.25) is 0 Å². The summed E-state index contributed by atoms with van der Waals surface area (Å²) >= 11 is 0. The van der Waals surface area contributed by atoms with Gasteiger partial charge in [-0.15, -0.1) is 0 Å². The first kappa shape index (κ1) is 23.7. The quantitative estimate of drug-likeness (QED) is 0.187. The van der Waals surface area contributed by atoms with Gasteiger partial charge in [-0.05, 0) is 75.5 Å². The van der Waals surface area contributed by atoms with E-state index >= 15 is 0 Å². The molecule has 0 saturated heterocycles. The van der Waals surface area contributed by atoms with Gasteiger partial charge in [-0.3, -0.25) is 0 Å². The number of rotatable bonds is 2. The molecule has 2 nitrogen and oxygen atoms in total. The molecule has 0 aliphatic heterocycles. The molecule has 0 atom stereocenters. The molecule has 0 aliphatic rings. The molecule has 0 radical (unpaired) electrons. The Bertz CT molecular complexity index is 2700. The van der Waals surface area contributed by atoms with Crippen LogP contribution < -0.4 is 0 Å². The number of para-hydroxylation sites is 2. The second kappa shape index (κ2) is 8.82. The van der Waals surface area contributed by atoms with Crippen molar-refractivity contribution in [2.75, 3.05) is 0 Å². The largest absolute Gasteiger partial charge is 0.309 e. The normalized spacial score (nSPS) is 12.1. The second-order valence-electron chi connectivity index (χ2n) is 11.8. The van der Waals surface area contributed by atoms with Crippen molar-refractivity contribution in [3.05, 3.63) is 158 Å². The highest BCUT2D eigenvalue weighted by molar-refractivity contribution is 6.33. The highest BCUT2D eigenvalue weighted by atomic mass is 15.0. The summed E-state index contributed by atoms with van der Waals surface area (Å²) in [6, 6.07) is 57.7. The van der Waals surface area contributed by atoms with Gasteiger partial charge in [0.25, 0.3) is 0 Å². The molecule has 0 unspecified atom stereocenters. The van der Waals surface area contributed by atoms with Gasteiger partial charge >= 0.3 is 0 Å². The van der Waals surface area contributed by atoms with E-state index in [2.05, 4.69) is 167 Å². The van der Waals surface area contributed by atoms with Gasteiger partial charge in [0.1, 0.15) is 0 Å². The van der Waals surface area contributed by atoms with Gasteiger partial charge in [-0.25, -0.2) is 0 Å². The third-order valence-electron chi connectivity index (χ3n) is 9.45. The van der Waals surface area contributed by atoms with E-state index in [9.17, 15) is 0 Å². The molecule has 0 bridgehead atoms. The van der Waals surface area contributed by atoms with E-state index in [0.29, 0.717) is 0 Å². The highest BCUT2D eigenvalue weighted by Gasteiger charge is 2.20. The number of hydrogen-bond donors (Lipinski definition) is 0. The summed E-state index contributed by atoms with van der Waals surface area (Å²) in [6.07, 6.45) is 0. The number of nitrogens with zero attached hydrogens (tertiary/aromatic N) is 2. The number of benzene rings is 8. The van der Waals surface area contributed by atoms with Gasteiger partial charge in [0.05, 0.1) is 22.1 Å². The lowest BCUT2D eigenvalue weighted by atomic mass is 9.96. The first-order chi connectivity index (χ1) is 21.8. The fourth-order valence-corrected chi connectivity index (χ4v) is 7.58. The van der Waals surface area contributed by atoms with Gasteiger partial charge in [0.2, 0.25) is 0 Å². The molecule has 0 spiro atoms. The number of hydrogen-bond acceptors (Lipinski definition) is 0. The maximum Gasteiger partial charge on any atom is 0.0625 e. The second-order valence-corrected chi connectivity index (χ2v) is 11.8. The Hall–Kier alpha value is -5.86. The third-order valence-corrected chi connectivity index (χ3v) is 9.45. The summed E-state index contributed by atoms with van der Waals surface area (Å²) < 4.78 is 4.87. The van der Waals surface area contributed by atoms with Gasteiger partial charge in [-0.1, -0.05) is 109 Å². The Kier molecular flexibility index (Phi) is 4.75. The lowest BCUT2D eigenvalue weighted by molar-refractivity contribution is 1.15.